The predicted octanol–water partition coefficient (Wildman–Crippen LogP) is 5.75. The molecule has 10 heteroatoms. The van der Waals surface area contributed by atoms with Crippen molar-refractivity contribution in [3.05, 3.63) is 97.0 Å². The van der Waals surface area contributed by atoms with Crippen molar-refractivity contribution in [2.45, 2.75) is 13.5 Å². The van der Waals surface area contributed by atoms with Gasteiger partial charge >= 0.3 is 0 Å². The van der Waals surface area contributed by atoms with Crippen LogP contribution >= 0.6 is 27.5 Å². The van der Waals surface area contributed by atoms with E-state index in [-0.39, 0.29) is 18.2 Å². The van der Waals surface area contributed by atoms with Crippen LogP contribution in [-0.2, 0) is 6.61 Å². The number of nitro groups is 1. The number of nitrogens with one attached hydrogen (secondary N) is 1. The molecule has 0 heterocycles. The molecule has 1 amide bonds. The highest BCUT2D eigenvalue weighted by Gasteiger charge is 2.14. The van der Waals surface area contributed by atoms with Crippen LogP contribution < -0.4 is 14.9 Å². The maximum Gasteiger partial charge on any atom is 0.272 e. The van der Waals surface area contributed by atoms with Crippen molar-refractivity contribution < 1.29 is 19.2 Å². The molecule has 0 bridgehead atoms. The molecule has 33 heavy (non-hydrogen) atoms. The molecule has 0 aliphatic heterocycles. The molecule has 0 radical (unpaired) electrons. The number of carbonyl (C=O) groups excluding carboxylic acids is 1. The largest absolute Gasteiger partial charge is 0.490 e. The Morgan fingerprint density at radius 3 is 2.58 bits per heavy atom. The normalized spacial score (nSPS) is 10.8. The molecule has 1 N–H and O–H groups in total. The number of carbonyl (C=O) groups is 1. The van der Waals surface area contributed by atoms with Gasteiger partial charge in [-0.25, -0.2) is 5.43 Å². The Bertz CT molecular complexity index is 1190. The molecule has 0 unspecified atom stereocenters. The molecule has 0 aliphatic rings. The lowest BCUT2D eigenvalue weighted by atomic mass is 10.2. The summed E-state index contributed by atoms with van der Waals surface area (Å²) in [4.78, 5) is 22.6. The molecule has 170 valence electrons. The monoisotopic (exact) mass is 531 g/mol. The first kappa shape index (κ1) is 24.2. The molecule has 0 aliphatic carbocycles. The van der Waals surface area contributed by atoms with Crippen LogP contribution in [0.5, 0.6) is 11.5 Å². The zero-order chi connectivity index (χ0) is 23.8. The molecule has 3 aromatic carbocycles. The fraction of sp³-hybridized carbons (Fsp3) is 0.130. The average molecular weight is 533 g/mol. The first-order valence-electron chi connectivity index (χ1n) is 9.79. The minimum atomic E-state index is -0.462. The zero-order valence-electron chi connectivity index (χ0n) is 17.5. The van der Waals surface area contributed by atoms with Crippen LogP contribution in [0.25, 0.3) is 0 Å². The molecule has 3 rings (SSSR count). The van der Waals surface area contributed by atoms with Gasteiger partial charge in [-0.15, -0.1) is 0 Å². The second kappa shape index (κ2) is 11.4. The summed E-state index contributed by atoms with van der Waals surface area (Å²) in [6, 6.07) is 16.4. The Morgan fingerprint density at radius 2 is 1.91 bits per heavy atom. The zero-order valence-corrected chi connectivity index (χ0v) is 19.8. The van der Waals surface area contributed by atoms with Crippen molar-refractivity contribution in [2.24, 2.45) is 5.10 Å². The van der Waals surface area contributed by atoms with Crippen LogP contribution in [0.15, 0.2) is 70.2 Å². The second-order valence-electron chi connectivity index (χ2n) is 6.65. The van der Waals surface area contributed by atoms with E-state index in [1.54, 1.807) is 42.5 Å². The molecule has 0 spiro atoms. The van der Waals surface area contributed by atoms with E-state index >= 15 is 0 Å². The van der Waals surface area contributed by atoms with Crippen LogP contribution in [0.3, 0.4) is 0 Å². The lowest BCUT2D eigenvalue weighted by Crippen LogP contribution is -2.18. The van der Waals surface area contributed by atoms with E-state index in [2.05, 4.69) is 26.5 Å². The minimum Gasteiger partial charge on any atom is -0.490 e. The molecule has 8 nitrogen and oxygen atoms in total. The number of non-ortho nitro benzene ring substituents is 1. The van der Waals surface area contributed by atoms with E-state index in [4.69, 9.17) is 21.1 Å². The number of halogens is 2. The van der Waals surface area contributed by atoms with Crippen molar-refractivity contribution in [3.63, 3.8) is 0 Å². The Kier molecular flexibility index (Phi) is 8.39. The van der Waals surface area contributed by atoms with Crippen molar-refractivity contribution in [1.29, 1.82) is 0 Å². The minimum absolute atomic E-state index is 0.00198. The van der Waals surface area contributed by atoms with Crippen LogP contribution in [0.4, 0.5) is 5.69 Å². The number of hydrogen-bond acceptors (Lipinski definition) is 6. The fourth-order valence-electron chi connectivity index (χ4n) is 2.81. The third-order valence-electron chi connectivity index (χ3n) is 4.36. The molecular weight excluding hydrogens is 514 g/mol. The van der Waals surface area contributed by atoms with E-state index in [1.807, 2.05) is 13.0 Å². The van der Waals surface area contributed by atoms with Gasteiger partial charge in [-0.1, -0.05) is 23.7 Å². The van der Waals surface area contributed by atoms with Gasteiger partial charge in [0.1, 0.15) is 6.61 Å². The van der Waals surface area contributed by atoms with Crippen molar-refractivity contribution in [3.8, 4) is 11.5 Å². The lowest BCUT2D eigenvalue weighted by Gasteiger charge is -2.14. The smallest absolute Gasteiger partial charge is 0.272 e. The number of amides is 1. The van der Waals surface area contributed by atoms with Gasteiger partial charge in [0.2, 0.25) is 0 Å². The Labute approximate surface area is 203 Å². The summed E-state index contributed by atoms with van der Waals surface area (Å²) < 4.78 is 12.1. The molecular formula is C23H19BrClN3O5. The Balaban J connectivity index is 1.72. The maximum absolute atomic E-state index is 12.3. The van der Waals surface area contributed by atoms with Crippen LogP contribution in [0, 0.1) is 10.1 Å². The van der Waals surface area contributed by atoms with Crippen LogP contribution in [0.1, 0.15) is 28.4 Å². The second-order valence-corrected chi connectivity index (χ2v) is 7.92. The maximum atomic E-state index is 12.3. The molecule has 0 aromatic heterocycles. The van der Waals surface area contributed by atoms with Gasteiger partial charge in [-0.05, 0) is 70.4 Å². The molecule has 0 fully saturated rings. The van der Waals surface area contributed by atoms with Crippen molar-refractivity contribution >= 4 is 45.3 Å². The number of rotatable bonds is 9. The molecule has 0 saturated heterocycles. The van der Waals surface area contributed by atoms with Gasteiger partial charge in [0, 0.05) is 16.6 Å². The van der Waals surface area contributed by atoms with Gasteiger partial charge < -0.3 is 9.47 Å². The Morgan fingerprint density at radius 1 is 1.18 bits per heavy atom. The molecule has 0 atom stereocenters. The topological polar surface area (TPSA) is 103 Å². The Hall–Kier alpha value is -3.43. The summed E-state index contributed by atoms with van der Waals surface area (Å²) in [7, 11) is 0. The number of hydrazone groups is 1. The number of hydrogen-bond donors (Lipinski definition) is 1. The summed E-state index contributed by atoms with van der Waals surface area (Å²) in [6.45, 7) is 2.35. The predicted molar refractivity (Wildman–Crippen MR) is 129 cm³/mol. The number of nitro benzene ring substituents is 1. The van der Waals surface area contributed by atoms with Crippen molar-refractivity contribution in [1.82, 2.24) is 5.43 Å². The van der Waals surface area contributed by atoms with Gasteiger partial charge in [-0.3, -0.25) is 14.9 Å². The summed E-state index contributed by atoms with van der Waals surface area (Å²) in [6.07, 6.45) is 1.45. The van der Waals surface area contributed by atoms with E-state index < -0.39 is 4.92 Å². The highest BCUT2D eigenvalue weighted by molar-refractivity contribution is 9.10. The summed E-state index contributed by atoms with van der Waals surface area (Å²) >= 11 is 9.74. The fourth-order valence-corrected chi connectivity index (χ4v) is 3.54. The summed E-state index contributed by atoms with van der Waals surface area (Å²) in [5, 5.41) is 15.1. The van der Waals surface area contributed by atoms with Crippen molar-refractivity contribution in [2.75, 3.05) is 6.61 Å². The quantitative estimate of drug-likeness (QED) is 0.215. The van der Waals surface area contributed by atoms with E-state index in [1.165, 1.54) is 18.3 Å². The SMILES string of the molecule is CCOc1cc(/C=N/NC(=O)c2ccccc2Br)cc(Cl)c1OCc1ccc([N+](=O)[O-])cc1. The third-order valence-corrected chi connectivity index (χ3v) is 5.33. The summed E-state index contributed by atoms with van der Waals surface area (Å²) in [5.74, 6) is 0.384. The number of nitrogens with zero attached hydrogens (tertiary/aromatic N) is 2. The van der Waals surface area contributed by atoms with Gasteiger partial charge in [0.15, 0.2) is 11.5 Å². The first-order chi connectivity index (χ1) is 15.9. The van der Waals surface area contributed by atoms with Gasteiger partial charge in [0.05, 0.1) is 28.3 Å². The first-order valence-corrected chi connectivity index (χ1v) is 11.0. The van der Waals surface area contributed by atoms with Crippen LogP contribution in [0.2, 0.25) is 5.02 Å². The standard InChI is InChI=1S/C23H19BrClN3O5/c1-2-32-21-12-16(13-26-27-23(29)18-5-3-4-6-19(18)24)11-20(25)22(21)33-14-15-7-9-17(10-8-15)28(30)31/h3-13H,2,14H2,1H3,(H,27,29)/b26-13+. The third kappa shape index (κ3) is 6.53. The van der Waals surface area contributed by atoms with E-state index in [9.17, 15) is 14.9 Å². The molecule has 0 saturated carbocycles. The summed E-state index contributed by atoms with van der Waals surface area (Å²) in [5.41, 5.74) is 4.26. The van der Waals surface area contributed by atoms with Gasteiger partial charge in [0.25, 0.3) is 11.6 Å². The average Bonchev–Trinajstić information content (AvgIpc) is 2.79. The number of ether oxygens (including phenoxy) is 2. The van der Waals surface area contributed by atoms with E-state index in [0.29, 0.717) is 38.7 Å². The van der Waals surface area contributed by atoms with E-state index in [0.717, 1.165) is 5.56 Å². The number of benzene rings is 3. The lowest BCUT2D eigenvalue weighted by molar-refractivity contribution is -0.384. The highest BCUT2D eigenvalue weighted by Crippen LogP contribution is 2.37. The molecule has 3 aromatic rings. The van der Waals surface area contributed by atoms with Crippen LogP contribution in [-0.4, -0.2) is 23.7 Å². The highest BCUT2D eigenvalue weighted by atomic mass is 79.9. The van der Waals surface area contributed by atoms with Gasteiger partial charge in [-0.2, -0.15) is 5.10 Å².